The van der Waals surface area contributed by atoms with Crippen molar-refractivity contribution in [3.63, 3.8) is 0 Å². The maximum absolute atomic E-state index is 13.0. The van der Waals surface area contributed by atoms with Crippen LogP contribution in [0.2, 0.25) is 0 Å². The van der Waals surface area contributed by atoms with Crippen molar-refractivity contribution >= 4 is 15.8 Å². The van der Waals surface area contributed by atoms with E-state index < -0.39 is 9.84 Å². The third-order valence-corrected chi connectivity index (χ3v) is 8.98. The molecule has 0 amide bonds. The van der Waals surface area contributed by atoms with E-state index in [0.717, 1.165) is 49.8 Å². The number of rotatable bonds is 3. The topological polar surface area (TPSA) is 66.4 Å². The van der Waals surface area contributed by atoms with Crippen molar-refractivity contribution in [2.45, 2.75) is 50.2 Å². The lowest BCUT2D eigenvalue weighted by Crippen LogP contribution is -2.38. The van der Waals surface area contributed by atoms with Crippen LogP contribution in [0.15, 0.2) is 30.5 Å². The molecule has 1 aromatic carbocycles. The number of benzene rings is 1. The highest BCUT2D eigenvalue weighted by Gasteiger charge is 2.47. The summed E-state index contributed by atoms with van der Waals surface area (Å²) in [5.74, 6) is 1.42. The lowest BCUT2D eigenvalue weighted by Gasteiger charge is -2.32. The number of likely N-dealkylation sites (tertiary alicyclic amines) is 1. The Kier molecular flexibility index (Phi) is 5.06. The molecule has 3 aliphatic heterocycles. The Morgan fingerprint density at radius 1 is 1.13 bits per heavy atom. The maximum Gasteiger partial charge on any atom is 0.225 e. The summed E-state index contributed by atoms with van der Waals surface area (Å²) < 4.78 is 26.0. The Balaban J connectivity index is 1.42. The van der Waals surface area contributed by atoms with Gasteiger partial charge in [-0.3, -0.25) is 4.90 Å². The Labute approximate surface area is 179 Å². The van der Waals surface area contributed by atoms with Gasteiger partial charge in [0.2, 0.25) is 5.95 Å². The highest BCUT2D eigenvalue weighted by Crippen LogP contribution is 2.40. The molecule has 0 aliphatic carbocycles. The molecule has 6 nitrogen and oxygen atoms in total. The normalized spacial score (nSPS) is 28.2. The summed E-state index contributed by atoms with van der Waals surface area (Å²) in [6.45, 7) is 8.41. The van der Waals surface area contributed by atoms with Gasteiger partial charge < -0.3 is 4.90 Å². The number of fused-ring (bicyclic) bond motifs is 3. The number of piperidine rings is 1. The molecule has 1 aromatic heterocycles. The zero-order chi connectivity index (χ0) is 20.9. The standard InChI is InChI=1S/C23H30N4O2S/c1-16-5-7-18(8-6-16)12-26-13-20-21(14-26)30(28,29)15-19-10-24-23(25-22(19)20)27-9-3-4-17(2)11-27/h5-8,10,17,20-21H,3-4,9,11-15H2,1-2H3/t17?,20-,21-/m0/s1. The average molecular weight is 427 g/mol. The van der Waals surface area contributed by atoms with E-state index in [1.165, 1.54) is 17.5 Å². The minimum Gasteiger partial charge on any atom is -0.341 e. The molecular formula is C23H30N4O2S. The summed E-state index contributed by atoms with van der Waals surface area (Å²) in [7, 11) is -3.19. The van der Waals surface area contributed by atoms with Crippen LogP contribution in [-0.2, 0) is 22.1 Å². The molecule has 160 valence electrons. The summed E-state index contributed by atoms with van der Waals surface area (Å²) in [6, 6.07) is 8.50. The minimum absolute atomic E-state index is 0.0619. The van der Waals surface area contributed by atoms with E-state index >= 15 is 0 Å². The second kappa shape index (κ2) is 7.61. The van der Waals surface area contributed by atoms with Gasteiger partial charge >= 0.3 is 0 Å². The van der Waals surface area contributed by atoms with Gasteiger partial charge in [-0.1, -0.05) is 36.8 Å². The van der Waals surface area contributed by atoms with Gasteiger partial charge in [0, 0.05) is 50.4 Å². The van der Waals surface area contributed by atoms with E-state index in [4.69, 9.17) is 4.98 Å². The molecule has 3 atom stereocenters. The minimum atomic E-state index is -3.19. The van der Waals surface area contributed by atoms with Crippen LogP contribution in [-0.4, -0.2) is 54.7 Å². The first-order valence-electron chi connectivity index (χ1n) is 11.0. The van der Waals surface area contributed by atoms with Crippen LogP contribution in [0, 0.1) is 12.8 Å². The fourth-order valence-corrected chi connectivity index (χ4v) is 7.27. The van der Waals surface area contributed by atoms with Gasteiger partial charge in [0.05, 0.1) is 16.7 Å². The molecule has 4 heterocycles. The lowest BCUT2D eigenvalue weighted by atomic mass is 9.99. The second-order valence-corrected chi connectivity index (χ2v) is 11.6. The van der Waals surface area contributed by atoms with Gasteiger partial charge in [0.25, 0.3) is 0 Å². The van der Waals surface area contributed by atoms with Gasteiger partial charge in [-0.25, -0.2) is 18.4 Å². The number of aryl methyl sites for hydroxylation is 1. The van der Waals surface area contributed by atoms with Gasteiger partial charge in [-0.2, -0.15) is 0 Å². The Hall–Kier alpha value is -1.99. The smallest absolute Gasteiger partial charge is 0.225 e. The Morgan fingerprint density at radius 3 is 2.70 bits per heavy atom. The molecule has 2 saturated heterocycles. The van der Waals surface area contributed by atoms with Gasteiger partial charge in [-0.05, 0) is 31.2 Å². The number of hydrogen-bond donors (Lipinski definition) is 0. The largest absolute Gasteiger partial charge is 0.341 e. The quantitative estimate of drug-likeness (QED) is 0.752. The summed E-state index contributed by atoms with van der Waals surface area (Å²) in [6.07, 6.45) is 4.18. The summed E-state index contributed by atoms with van der Waals surface area (Å²) >= 11 is 0. The molecule has 0 bridgehead atoms. The molecule has 2 fully saturated rings. The van der Waals surface area contributed by atoms with Crippen LogP contribution in [0.1, 0.15) is 48.1 Å². The van der Waals surface area contributed by atoms with Crippen molar-refractivity contribution in [3.05, 3.63) is 52.8 Å². The van der Waals surface area contributed by atoms with Crippen molar-refractivity contribution in [1.82, 2.24) is 14.9 Å². The molecule has 3 aliphatic rings. The molecule has 2 aromatic rings. The van der Waals surface area contributed by atoms with Crippen LogP contribution in [0.4, 0.5) is 5.95 Å². The van der Waals surface area contributed by atoms with Crippen molar-refractivity contribution in [3.8, 4) is 0 Å². The van der Waals surface area contributed by atoms with Crippen LogP contribution in [0.5, 0.6) is 0 Å². The summed E-state index contributed by atoms with van der Waals surface area (Å²) in [5.41, 5.74) is 4.22. The lowest BCUT2D eigenvalue weighted by molar-refractivity contribution is 0.326. The predicted molar refractivity (Wildman–Crippen MR) is 118 cm³/mol. The number of hydrogen-bond acceptors (Lipinski definition) is 6. The molecule has 0 N–H and O–H groups in total. The molecule has 0 radical (unpaired) electrons. The number of nitrogens with zero attached hydrogens (tertiary/aromatic N) is 4. The van der Waals surface area contributed by atoms with E-state index in [1.807, 2.05) is 0 Å². The van der Waals surface area contributed by atoms with Crippen molar-refractivity contribution in [2.24, 2.45) is 5.92 Å². The Morgan fingerprint density at radius 2 is 1.93 bits per heavy atom. The van der Waals surface area contributed by atoms with E-state index in [9.17, 15) is 8.42 Å². The Bertz CT molecular complexity index is 1040. The van der Waals surface area contributed by atoms with Crippen LogP contribution >= 0.6 is 0 Å². The predicted octanol–water partition coefficient (Wildman–Crippen LogP) is 2.92. The molecule has 5 rings (SSSR count). The van der Waals surface area contributed by atoms with E-state index in [-0.39, 0.29) is 16.9 Å². The second-order valence-electron chi connectivity index (χ2n) is 9.41. The average Bonchev–Trinajstić information content (AvgIpc) is 3.15. The SMILES string of the molecule is Cc1ccc(CN2C[C@@H]3c4nc(N5CCCC(C)C5)ncc4CS(=O)(=O)[C@H]3C2)cc1. The highest BCUT2D eigenvalue weighted by molar-refractivity contribution is 7.91. The molecule has 1 unspecified atom stereocenters. The van der Waals surface area contributed by atoms with E-state index in [0.29, 0.717) is 12.5 Å². The first-order chi connectivity index (χ1) is 14.4. The third kappa shape index (κ3) is 3.73. The first-order valence-corrected chi connectivity index (χ1v) is 12.7. The fraction of sp³-hybridized carbons (Fsp3) is 0.565. The van der Waals surface area contributed by atoms with Crippen LogP contribution in [0.3, 0.4) is 0 Å². The zero-order valence-corrected chi connectivity index (χ0v) is 18.6. The molecule has 7 heteroatoms. The highest BCUT2D eigenvalue weighted by atomic mass is 32.2. The fourth-order valence-electron chi connectivity index (χ4n) is 5.25. The molecule has 30 heavy (non-hydrogen) atoms. The molecule has 0 saturated carbocycles. The monoisotopic (exact) mass is 426 g/mol. The van der Waals surface area contributed by atoms with Gasteiger partial charge in [0.15, 0.2) is 9.84 Å². The van der Waals surface area contributed by atoms with E-state index in [2.05, 4.69) is 52.9 Å². The number of sulfone groups is 1. The van der Waals surface area contributed by atoms with Crippen molar-refractivity contribution < 1.29 is 8.42 Å². The first kappa shape index (κ1) is 19.9. The summed E-state index contributed by atoms with van der Waals surface area (Å²) in [5, 5.41) is -0.363. The third-order valence-electron chi connectivity index (χ3n) is 6.86. The number of aromatic nitrogens is 2. The van der Waals surface area contributed by atoms with Crippen molar-refractivity contribution in [2.75, 3.05) is 31.1 Å². The maximum atomic E-state index is 13.0. The van der Waals surface area contributed by atoms with E-state index in [1.54, 1.807) is 6.20 Å². The summed E-state index contributed by atoms with van der Waals surface area (Å²) in [4.78, 5) is 14.1. The molecule has 0 spiro atoms. The molecular weight excluding hydrogens is 396 g/mol. The van der Waals surface area contributed by atoms with Crippen LogP contribution in [0.25, 0.3) is 0 Å². The van der Waals surface area contributed by atoms with Gasteiger partial charge in [-0.15, -0.1) is 0 Å². The zero-order valence-electron chi connectivity index (χ0n) is 17.8. The van der Waals surface area contributed by atoms with Crippen molar-refractivity contribution in [1.29, 1.82) is 0 Å². The number of anilines is 1. The van der Waals surface area contributed by atoms with Gasteiger partial charge in [0.1, 0.15) is 0 Å². The van der Waals surface area contributed by atoms with Crippen LogP contribution < -0.4 is 4.90 Å².